The van der Waals surface area contributed by atoms with E-state index < -0.39 is 23.7 Å². The van der Waals surface area contributed by atoms with E-state index in [0.717, 1.165) is 24.5 Å². The van der Waals surface area contributed by atoms with E-state index in [1.807, 2.05) is 46.0 Å². The normalized spacial score (nSPS) is 23.0. The van der Waals surface area contributed by atoms with E-state index in [0.29, 0.717) is 58.3 Å². The third-order valence-electron chi connectivity index (χ3n) is 8.18. The molecule has 1 unspecified atom stereocenters. The van der Waals surface area contributed by atoms with Crippen LogP contribution in [0, 0.1) is 0 Å². The number of amides is 2. The molecule has 1 aromatic carbocycles. The van der Waals surface area contributed by atoms with Gasteiger partial charge in [0.05, 0.1) is 24.6 Å². The molecule has 5 aliphatic rings. The van der Waals surface area contributed by atoms with Gasteiger partial charge in [-0.05, 0) is 18.2 Å². The Hall–Kier alpha value is -3.90. The molecule has 5 aliphatic heterocycles. The van der Waals surface area contributed by atoms with E-state index in [9.17, 15) is 14.4 Å². The zero-order chi connectivity index (χ0) is 28.0. The minimum Gasteiger partial charge on any atom is -0.379 e. The van der Waals surface area contributed by atoms with Crippen LogP contribution < -0.4 is 20.4 Å². The topological polar surface area (TPSA) is 101 Å². The molecule has 0 saturated carbocycles. The van der Waals surface area contributed by atoms with Crippen LogP contribution in [0.1, 0.15) is 6.92 Å². The number of nitrogens with one attached hydrogen (secondary N) is 2. The van der Waals surface area contributed by atoms with Gasteiger partial charge in [0, 0.05) is 71.9 Å². The second-order valence-corrected chi connectivity index (χ2v) is 10.5. The number of halogens is 1. The number of anilines is 2. The Morgan fingerprint density at radius 1 is 1.07 bits per heavy atom. The number of ether oxygens (including phenoxy) is 1. The van der Waals surface area contributed by atoms with E-state index in [-0.39, 0.29) is 22.9 Å². The lowest BCUT2D eigenvalue weighted by Gasteiger charge is -2.44. The van der Waals surface area contributed by atoms with Gasteiger partial charge in [0.2, 0.25) is 11.7 Å². The molecule has 2 N–H and O–H groups in total. The van der Waals surface area contributed by atoms with E-state index in [4.69, 9.17) is 4.74 Å². The van der Waals surface area contributed by atoms with Crippen molar-refractivity contribution >= 4 is 29.0 Å². The molecular weight excluding hydrogens is 517 g/mol. The Labute approximate surface area is 232 Å². The maximum Gasteiger partial charge on any atom is 0.259 e. The van der Waals surface area contributed by atoms with Gasteiger partial charge in [0.25, 0.3) is 5.91 Å². The molecule has 0 aliphatic carbocycles. The number of morpholine rings is 1. The number of carbonyl (C=O) groups is 3. The van der Waals surface area contributed by atoms with Gasteiger partial charge in [0.1, 0.15) is 23.4 Å². The maximum atomic E-state index is 15.6. The summed E-state index contributed by atoms with van der Waals surface area (Å²) in [6, 6.07) is 7.67. The number of hydrogen-bond acceptors (Lipinski definition) is 9. The minimum absolute atomic E-state index is 0.00343. The highest BCUT2D eigenvalue weighted by Crippen LogP contribution is 2.47. The summed E-state index contributed by atoms with van der Waals surface area (Å²) in [7, 11) is 1.83. The lowest BCUT2D eigenvalue weighted by molar-refractivity contribution is -0.130. The molecule has 212 valence electrons. The van der Waals surface area contributed by atoms with Crippen LogP contribution in [0.15, 0.2) is 59.0 Å². The first-order valence-electron chi connectivity index (χ1n) is 13.7. The molecule has 1 aromatic rings. The third kappa shape index (κ3) is 4.50. The van der Waals surface area contributed by atoms with E-state index in [2.05, 4.69) is 15.5 Å². The number of Topliss-reactive ketones (excluding diaryl/α,β-unsaturated/α-hetero) is 1. The van der Waals surface area contributed by atoms with Crippen molar-refractivity contribution in [3.8, 4) is 0 Å². The summed E-state index contributed by atoms with van der Waals surface area (Å²) in [6.07, 6.45) is 0.563. The Kier molecular flexibility index (Phi) is 6.97. The summed E-state index contributed by atoms with van der Waals surface area (Å²) in [4.78, 5) is 48.8. The van der Waals surface area contributed by atoms with Crippen LogP contribution in [0.3, 0.4) is 0 Å². The number of dihydropyridines is 1. The number of benzene rings is 1. The maximum absolute atomic E-state index is 15.6. The fourth-order valence-corrected chi connectivity index (χ4v) is 6.02. The molecule has 2 saturated heterocycles. The van der Waals surface area contributed by atoms with Gasteiger partial charge >= 0.3 is 0 Å². The SMILES string of the molecule is CC(=O)N1CCN(C2=C(F)C=C3C(=O)C(C(=O)NCCN4CCOCC4)=C4N(C)c5ccccc5N4C3N2)CC1. The number of nitrogens with zero attached hydrogens (tertiary/aromatic N) is 5. The van der Waals surface area contributed by atoms with E-state index >= 15 is 4.39 Å². The molecule has 5 heterocycles. The number of para-hydroxylation sites is 2. The average Bonchev–Trinajstić information content (AvgIpc) is 3.26. The fraction of sp³-hybridized carbons (Fsp3) is 0.464. The quantitative estimate of drug-likeness (QED) is 0.502. The van der Waals surface area contributed by atoms with Gasteiger partial charge in [-0.3, -0.25) is 24.2 Å². The largest absolute Gasteiger partial charge is 0.379 e. The summed E-state index contributed by atoms with van der Waals surface area (Å²) < 4.78 is 21.0. The highest BCUT2D eigenvalue weighted by atomic mass is 19.1. The monoisotopic (exact) mass is 551 g/mol. The van der Waals surface area contributed by atoms with Crippen LogP contribution in [-0.2, 0) is 19.1 Å². The summed E-state index contributed by atoms with van der Waals surface area (Å²) in [5, 5.41) is 6.20. The second-order valence-electron chi connectivity index (χ2n) is 10.5. The minimum atomic E-state index is -0.696. The van der Waals surface area contributed by atoms with Gasteiger partial charge in [-0.25, -0.2) is 4.39 Å². The third-order valence-corrected chi connectivity index (χ3v) is 8.18. The van der Waals surface area contributed by atoms with Crippen molar-refractivity contribution in [2.24, 2.45) is 0 Å². The zero-order valence-electron chi connectivity index (χ0n) is 22.8. The Bertz CT molecular complexity index is 1330. The smallest absolute Gasteiger partial charge is 0.259 e. The van der Waals surface area contributed by atoms with Crippen LogP contribution in [0.5, 0.6) is 0 Å². The molecule has 0 spiro atoms. The lowest BCUT2D eigenvalue weighted by atomic mass is 9.92. The molecule has 2 amide bonds. The van der Waals surface area contributed by atoms with Crippen LogP contribution >= 0.6 is 0 Å². The fourth-order valence-electron chi connectivity index (χ4n) is 6.02. The lowest BCUT2D eigenvalue weighted by Crippen LogP contribution is -2.58. The van der Waals surface area contributed by atoms with Crippen LogP contribution in [0.25, 0.3) is 0 Å². The van der Waals surface area contributed by atoms with Gasteiger partial charge in [-0.1, -0.05) is 12.1 Å². The second kappa shape index (κ2) is 10.6. The molecule has 40 heavy (non-hydrogen) atoms. The van der Waals surface area contributed by atoms with Crippen molar-refractivity contribution in [1.29, 1.82) is 0 Å². The van der Waals surface area contributed by atoms with Gasteiger partial charge < -0.3 is 30.1 Å². The molecule has 6 rings (SSSR count). The summed E-state index contributed by atoms with van der Waals surface area (Å²) >= 11 is 0. The van der Waals surface area contributed by atoms with Crippen molar-refractivity contribution in [3.05, 3.63) is 59.0 Å². The first-order chi connectivity index (χ1) is 19.3. The molecule has 11 nitrogen and oxygen atoms in total. The van der Waals surface area contributed by atoms with Crippen molar-refractivity contribution in [1.82, 2.24) is 25.3 Å². The predicted molar refractivity (Wildman–Crippen MR) is 147 cm³/mol. The molecule has 0 radical (unpaired) electrons. The van der Waals surface area contributed by atoms with E-state index in [1.165, 1.54) is 13.0 Å². The molecule has 0 aromatic heterocycles. The molecule has 2 fully saturated rings. The Balaban J connectivity index is 1.31. The van der Waals surface area contributed by atoms with Crippen LogP contribution in [-0.4, -0.2) is 111 Å². The predicted octanol–water partition coefficient (Wildman–Crippen LogP) is 0.344. The Morgan fingerprint density at radius 2 is 1.77 bits per heavy atom. The first kappa shape index (κ1) is 26.3. The van der Waals surface area contributed by atoms with Crippen LogP contribution in [0.4, 0.5) is 15.8 Å². The molecule has 0 bridgehead atoms. The standard InChI is InChI=1S/C28H34FN7O4/c1-18(37)34-9-11-35(12-10-34)26-20(29)17-19-24(38)23(27(39)30-7-8-33-13-15-40-16-14-33)28-32(2)21-5-3-4-6-22(21)36(28)25(19)31-26/h3-6,17,25,31H,7-16H2,1-2H3,(H,30,39). The summed E-state index contributed by atoms with van der Waals surface area (Å²) in [5.74, 6) is -0.793. The number of hydrogen-bond donors (Lipinski definition) is 2. The summed E-state index contributed by atoms with van der Waals surface area (Å²) in [6.45, 7) is 7.39. The van der Waals surface area contributed by atoms with Crippen molar-refractivity contribution in [3.63, 3.8) is 0 Å². The number of piperazine rings is 1. The Morgan fingerprint density at radius 3 is 2.48 bits per heavy atom. The van der Waals surface area contributed by atoms with Crippen molar-refractivity contribution < 1.29 is 23.5 Å². The molecule has 1 atom stereocenters. The molecule has 12 heteroatoms. The number of fused-ring (bicyclic) bond motifs is 5. The number of allylic oxidation sites excluding steroid dienone is 2. The van der Waals surface area contributed by atoms with E-state index in [1.54, 1.807) is 4.90 Å². The van der Waals surface area contributed by atoms with Gasteiger partial charge in [0.15, 0.2) is 5.83 Å². The number of rotatable bonds is 5. The average molecular weight is 552 g/mol. The zero-order valence-corrected chi connectivity index (χ0v) is 22.8. The van der Waals surface area contributed by atoms with Crippen molar-refractivity contribution in [2.45, 2.75) is 13.1 Å². The number of carbonyl (C=O) groups excluding carboxylic acids is 3. The van der Waals surface area contributed by atoms with Crippen LogP contribution in [0.2, 0.25) is 0 Å². The number of ketones is 1. The molecular formula is C28H34FN7O4. The summed E-state index contributed by atoms with van der Waals surface area (Å²) in [5.41, 5.74) is 1.84. The van der Waals surface area contributed by atoms with Crippen molar-refractivity contribution in [2.75, 3.05) is 82.4 Å². The first-order valence-corrected chi connectivity index (χ1v) is 13.7. The van der Waals surface area contributed by atoms with Gasteiger partial charge in [-0.2, -0.15) is 0 Å². The highest BCUT2D eigenvalue weighted by molar-refractivity contribution is 6.29. The highest BCUT2D eigenvalue weighted by Gasteiger charge is 2.49. The van der Waals surface area contributed by atoms with Gasteiger partial charge in [-0.15, -0.1) is 0 Å².